The Kier molecular flexibility index (Phi) is 5.32. The van der Waals surface area contributed by atoms with Crippen LogP contribution in [0.15, 0.2) is 54.6 Å². The van der Waals surface area contributed by atoms with Crippen LogP contribution in [0.4, 0.5) is 0 Å². The Morgan fingerprint density at radius 2 is 1.05 bits per heavy atom. The molecule has 0 aliphatic carbocycles. The molecule has 0 saturated carbocycles. The summed E-state index contributed by atoms with van der Waals surface area (Å²) in [7, 11) is 0. The van der Waals surface area contributed by atoms with Crippen molar-refractivity contribution >= 4 is 32.3 Å². The fourth-order valence-electron chi connectivity index (χ4n) is 2.88. The van der Waals surface area contributed by atoms with Crippen LogP contribution >= 0.6 is 0 Å². The lowest BCUT2D eigenvalue weighted by atomic mass is 9.92. The van der Waals surface area contributed by atoms with Crippen LogP contribution in [0, 0.1) is 6.92 Å². The number of hydrogen-bond acceptors (Lipinski definition) is 0. The number of benzene rings is 4. The minimum Gasteiger partial charge on any atom is -0.0776 e. The SMILES string of the molecule is C.C.CC.Cc1ccc2ccc3cccc4ccc1c2c34. The van der Waals surface area contributed by atoms with Gasteiger partial charge in [-0.1, -0.05) is 83.3 Å². The van der Waals surface area contributed by atoms with Crippen LogP contribution in [0.2, 0.25) is 0 Å². The summed E-state index contributed by atoms with van der Waals surface area (Å²) in [5.74, 6) is 0. The quantitative estimate of drug-likeness (QED) is 0.298. The lowest BCUT2D eigenvalue weighted by Crippen LogP contribution is -1.85. The molecule has 0 aliphatic heterocycles. The van der Waals surface area contributed by atoms with Gasteiger partial charge in [0.05, 0.1) is 0 Å². The van der Waals surface area contributed by atoms with Crippen LogP contribution in [0.5, 0.6) is 0 Å². The first-order chi connectivity index (χ1) is 9.34. The first-order valence-electron chi connectivity index (χ1n) is 6.98. The van der Waals surface area contributed by atoms with Gasteiger partial charge in [0.15, 0.2) is 0 Å². The van der Waals surface area contributed by atoms with Crippen molar-refractivity contribution in [3.8, 4) is 0 Å². The molecule has 0 amide bonds. The van der Waals surface area contributed by atoms with Crippen LogP contribution in [-0.2, 0) is 0 Å². The summed E-state index contributed by atoms with van der Waals surface area (Å²) >= 11 is 0. The maximum Gasteiger partial charge on any atom is -0.00241 e. The van der Waals surface area contributed by atoms with Crippen molar-refractivity contribution in [1.82, 2.24) is 0 Å². The van der Waals surface area contributed by atoms with E-state index in [2.05, 4.69) is 61.5 Å². The second-order valence-corrected chi connectivity index (χ2v) is 4.74. The normalized spacial score (nSPS) is 9.86. The number of hydrogen-bond donors (Lipinski definition) is 0. The molecule has 0 unspecified atom stereocenters. The zero-order valence-electron chi connectivity index (χ0n) is 11.7. The zero-order valence-corrected chi connectivity index (χ0v) is 11.7. The van der Waals surface area contributed by atoms with Gasteiger partial charge in [0.25, 0.3) is 0 Å². The molecule has 0 bridgehead atoms. The third kappa shape index (κ3) is 2.47. The lowest BCUT2D eigenvalue weighted by Gasteiger charge is -2.11. The fourth-order valence-corrected chi connectivity index (χ4v) is 2.88. The highest BCUT2D eigenvalue weighted by Gasteiger charge is 2.08. The predicted octanol–water partition coefficient (Wildman–Crippen LogP) is 7.19. The number of aryl methyl sites for hydroxylation is 1. The van der Waals surface area contributed by atoms with E-state index in [1.165, 1.54) is 37.9 Å². The Hall–Kier alpha value is -2.08. The molecule has 0 radical (unpaired) electrons. The Balaban J connectivity index is 0.000000531. The van der Waals surface area contributed by atoms with Crippen LogP contribution in [0.1, 0.15) is 34.3 Å². The van der Waals surface area contributed by atoms with E-state index >= 15 is 0 Å². The van der Waals surface area contributed by atoms with E-state index in [0.29, 0.717) is 0 Å². The Morgan fingerprint density at radius 3 is 1.67 bits per heavy atom. The molecule has 4 rings (SSSR count). The third-order valence-corrected chi connectivity index (χ3v) is 3.75. The van der Waals surface area contributed by atoms with E-state index in [-0.39, 0.29) is 14.9 Å². The molecule has 0 aliphatic rings. The fraction of sp³-hybridized carbons (Fsp3) is 0.238. The summed E-state index contributed by atoms with van der Waals surface area (Å²) < 4.78 is 0. The van der Waals surface area contributed by atoms with E-state index in [9.17, 15) is 0 Å². The minimum atomic E-state index is 0. The molecule has 0 heterocycles. The molecule has 4 aromatic carbocycles. The van der Waals surface area contributed by atoms with Gasteiger partial charge >= 0.3 is 0 Å². The largest absolute Gasteiger partial charge is 0.0776 e. The average Bonchev–Trinajstić information content (AvgIpc) is 2.49. The minimum absolute atomic E-state index is 0. The standard InChI is InChI=1S/C17H12.C2H6.2CH4/c1-11-5-6-14-8-7-12-3-2-4-13-9-10-15(11)17(14)16(12)13;1-2;;/h2-10H,1H3;1-2H3;2*1H4. The monoisotopic (exact) mass is 278 g/mol. The van der Waals surface area contributed by atoms with Gasteiger partial charge in [0, 0.05) is 0 Å². The van der Waals surface area contributed by atoms with E-state index in [1.54, 1.807) is 0 Å². The van der Waals surface area contributed by atoms with E-state index in [4.69, 9.17) is 0 Å². The molecule has 0 atom stereocenters. The molecule has 4 aromatic rings. The Labute approximate surface area is 128 Å². The van der Waals surface area contributed by atoms with Crippen molar-refractivity contribution in [3.63, 3.8) is 0 Å². The summed E-state index contributed by atoms with van der Waals surface area (Å²) in [5, 5.41) is 8.23. The van der Waals surface area contributed by atoms with Gasteiger partial charge in [-0.2, -0.15) is 0 Å². The van der Waals surface area contributed by atoms with Crippen molar-refractivity contribution in [1.29, 1.82) is 0 Å². The van der Waals surface area contributed by atoms with Crippen molar-refractivity contribution in [3.05, 3.63) is 60.2 Å². The lowest BCUT2D eigenvalue weighted by molar-refractivity contribution is 1.50. The molecule has 0 spiro atoms. The first-order valence-corrected chi connectivity index (χ1v) is 6.98. The molecular weight excluding hydrogens is 252 g/mol. The van der Waals surface area contributed by atoms with Gasteiger partial charge in [-0.3, -0.25) is 0 Å². The van der Waals surface area contributed by atoms with Crippen LogP contribution in [0.3, 0.4) is 0 Å². The van der Waals surface area contributed by atoms with Gasteiger partial charge in [0.2, 0.25) is 0 Å². The molecular formula is C21H26. The summed E-state index contributed by atoms with van der Waals surface area (Å²) in [5.41, 5.74) is 1.36. The Bertz CT molecular complexity index is 824. The molecule has 0 fully saturated rings. The van der Waals surface area contributed by atoms with E-state index in [0.717, 1.165) is 0 Å². The highest BCUT2D eigenvalue weighted by atomic mass is 14.1. The van der Waals surface area contributed by atoms with Gasteiger partial charge in [-0.15, -0.1) is 0 Å². The molecule has 0 saturated heterocycles. The molecule has 0 aromatic heterocycles. The maximum absolute atomic E-state index is 2.25. The van der Waals surface area contributed by atoms with Gasteiger partial charge in [-0.05, 0) is 44.8 Å². The second-order valence-electron chi connectivity index (χ2n) is 4.74. The average molecular weight is 278 g/mol. The molecule has 0 nitrogen and oxygen atoms in total. The van der Waals surface area contributed by atoms with Crippen LogP contribution in [-0.4, -0.2) is 0 Å². The summed E-state index contributed by atoms with van der Waals surface area (Å²) in [4.78, 5) is 0. The van der Waals surface area contributed by atoms with Gasteiger partial charge in [0.1, 0.15) is 0 Å². The highest BCUT2D eigenvalue weighted by Crippen LogP contribution is 2.35. The summed E-state index contributed by atoms with van der Waals surface area (Å²) in [6.07, 6.45) is 0. The van der Waals surface area contributed by atoms with Crippen molar-refractivity contribution < 1.29 is 0 Å². The maximum atomic E-state index is 2.25. The van der Waals surface area contributed by atoms with E-state index in [1.807, 2.05) is 13.8 Å². The van der Waals surface area contributed by atoms with Crippen molar-refractivity contribution in [2.45, 2.75) is 35.6 Å². The smallest absolute Gasteiger partial charge is 0.00241 e. The first kappa shape index (κ1) is 17.0. The Morgan fingerprint density at radius 1 is 0.571 bits per heavy atom. The van der Waals surface area contributed by atoms with E-state index < -0.39 is 0 Å². The van der Waals surface area contributed by atoms with Crippen LogP contribution < -0.4 is 0 Å². The van der Waals surface area contributed by atoms with Gasteiger partial charge in [-0.25, -0.2) is 0 Å². The summed E-state index contributed by atoms with van der Waals surface area (Å²) in [6, 6.07) is 19.9. The molecule has 110 valence electrons. The predicted molar refractivity (Wildman–Crippen MR) is 99.7 cm³/mol. The highest BCUT2D eigenvalue weighted by molar-refractivity contribution is 6.23. The zero-order chi connectivity index (χ0) is 13.4. The molecule has 0 heteroatoms. The van der Waals surface area contributed by atoms with Crippen molar-refractivity contribution in [2.75, 3.05) is 0 Å². The summed E-state index contributed by atoms with van der Waals surface area (Å²) in [6.45, 7) is 6.19. The van der Waals surface area contributed by atoms with Crippen molar-refractivity contribution in [2.24, 2.45) is 0 Å². The molecule has 0 N–H and O–H groups in total. The topological polar surface area (TPSA) is 0 Å². The number of rotatable bonds is 0. The second kappa shape index (κ2) is 6.58. The van der Waals surface area contributed by atoms with Crippen LogP contribution in [0.25, 0.3) is 32.3 Å². The third-order valence-electron chi connectivity index (χ3n) is 3.75. The van der Waals surface area contributed by atoms with Gasteiger partial charge < -0.3 is 0 Å². The molecule has 21 heavy (non-hydrogen) atoms.